The van der Waals surface area contributed by atoms with Crippen LogP contribution in [0.3, 0.4) is 0 Å². The Morgan fingerprint density at radius 3 is 2.80 bits per heavy atom. The molecule has 0 aliphatic heterocycles. The Hall–Kier alpha value is -0.340. The molecule has 1 heterocycles. The van der Waals surface area contributed by atoms with Gasteiger partial charge in [-0.05, 0) is 30.4 Å². The predicted molar refractivity (Wildman–Crippen MR) is 46.3 cm³/mol. The van der Waals surface area contributed by atoms with Gasteiger partial charge in [0.05, 0.1) is 0 Å². The summed E-state index contributed by atoms with van der Waals surface area (Å²) in [6.07, 6.45) is 1.03. The van der Waals surface area contributed by atoms with Crippen LogP contribution < -0.4 is 5.73 Å². The van der Waals surface area contributed by atoms with E-state index >= 15 is 0 Å². The first-order valence-electron chi connectivity index (χ1n) is 3.55. The molecule has 1 nitrogen and oxygen atoms in total. The number of nitrogens with two attached hydrogens (primary N) is 1. The lowest BCUT2D eigenvalue weighted by Gasteiger charge is -2.06. The molecule has 1 rings (SSSR count). The van der Waals surface area contributed by atoms with Gasteiger partial charge in [-0.15, -0.1) is 11.3 Å². The molecule has 0 saturated carbocycles. The normalized spacial score (nSPS) is 13.5. The first-order valence-corrected chi connectivity index (χ1v) is 4.43. The highest BCUT2D eigenvalue weighted by molar-refractivity contribution is 7.10. The van der Waals surface area contributed by atoms with Gasteiger partial charge >= 0.3 is 0 Å². The summed E-state index contributed by atoms with van der Waals surface area (Å²) in [4.78, 5) is 1.36. The third kappa shape index (κ3) is 1.39. The molecular formula is C8H13NS. The molecule has 0 amide bonds. The lowest BCUT2D eigenvalue weighted by Crippen LogP contribution is -2.08. The van der Waals surface area contributed by atoms with E-state index in [9.17, 15) is 0 Å². The topological polar surface area (TPSA) is 26.0 Å². The number of hydrogen-bond donors (Lipinski definition) is 1. The fourth-order valence-corrected chi connectivity index (χ4v) is 1.77. The molecule has 0 aromatic carbocycles. The van der Waals surface area contributed by atoms with Crippen LogP contribution in [0, 0.1) is 6.92 Å². The molecule has 1 atom stereocenters. The van der Waals surface area contributed by atoms with Crippen LogP contribution in [0.1, 0.15) is 29.8 Å². The molecule has 0 aliphatic rings. The van der Waals surface area contributed by atoms with E-state index in [2.05, 4.69) is 25.3 Å². The van der Waals surface area contributed by atoms with Crippen LogP contribution in [0.4, 0.5) is 0 Å². The van der Waals surface area contributed by atoms with E-state index in [1.807, 2.05) is 0 Å². The smallest absolute Gasteiger partial charge is 0.0303 e. The van der Waals surface area contributed by atoms with Crippen LogP contribution in [0.25, 0.3) is 0 Å². The average molecular weight is 155 g/mol. The van der Waals surface area contributed by atoms with Crippen molar-refractivity contribution in [2.45, 2.75) is 26.3 Å². The van der Waals surface area contributed by atoms with Crippen LogP contribution in [0.15, 0.2) is 11.4 Å². The summed E-state index contributed by atoms with van der Waals surface area (Å²) >= 11 is 1.77. The summed E-state index contributed by atoms with van der Waals surface area (Å²) in [5.74, 6) is 0. The second-order valence-corrected chi connectivity index (χ2v) is 3.57. The third-order valence-electron chi connectivity index (χ3n) is 1.74. The monoisotopic (exact) mass is 155 g/mol. The molecular weight excluding hydrogens is 142 g/mol. The van der Waals surface area contributed by atoms with Gasteiger partial charge in [0.15, 0.2) is 0 Å². The van der Waals surface area contributed by atoms with Gasteiger partial charge in [0.25, 0.3) is 0 Å². The molecule has 0 spiro atoms. The lowest BCUT2D eigenvalue weighted by atomic mass is 10.1. The fourth-order valence-electron chi connectivity index (χ4n) is 0.999. The van der Waals surface area contributed by atoms with E-state index in [1.54, 1.807) is 11.3 Å². The van der Waals surface area contributed by atoms with Crippen LogP contribution in [0.5, 0.6) is 0 Å². The van der Waals surface area contributed by atoms with Crippen LogP contribution in [0.2, 0.25) is 0 Å². The van der Waals surface area contributed by atoms with Gasteiger partial charge in [-0.3, -0.25) is 0 Å². The van der Waals surface area contributed by atoms with Gasteiger partial charge in [-0.25, -0.2) is 0 Å². The Bertz CT molecular complexity index is 205. The van der Waals surface area contributed by atoms with Crippen molar-refractivity contribution in [3.05, 3.63) is 21.9 Å². The minimum absolute atomic E-state index is 0.242. The largest absolute Gasteiger partial charge is 0.324 e. The Morgan fingerprint density at radius 1 is 1.70 bits per heavy atom. The van der Waals surface area contributed by atoms with Gasteiger partial charge in [0.1, 0.15) is 0 Å². The molecule has 10 heavy (non-hydrogen) atoms. The van der Waals surface area contributed by atoms with Crippen molar-refractivity contribution in [3.63, 3.8) is 0 Å². The van der Waals surface area contributed by atoms with E-state index in [4.69, 9.17) is 5.73 Å². The van der Waals surface area contributed by atoms with Crippen molar-refractivity contribution >= 4 is 11.3 Å². The molecule has 0 aliphatic carbocycles. The summed E-state index contributed by atoms with van der Waals surface area (Å²) < 4.78 is 0. The summed E-state index contributed by atoms with van der Waals surface area (Å²) in [7, 11) is 0. The first kappa shape index (κ1) is 7.76. The van der Waals surface area contributed by atoms with E-state index < -0.39 is 0 Å². The van der Waals surface area contributed by atoms with E-state index in [0.717, 1.165) is 6.42 Å². The van der Waals surface area contributed by atoms with E-state index in [0.29, 0.717) is 0 Å². The molecule has 2 N–H and O–H groups in total. The molecule has 0 bridgehead atoms. The van der Waals surface area contributed by atoms with Crippen LogP contribution in [-0.4, -0.2) is 0 Å². The fraction of sp³-hybridized carbons (Fsp3) is 0.500. The second-order valence-electron chi connectivity index (χ2n) is 2.45. The summed E-state index contributed by atoms with van der Waals surface area (Å²) in [6, 6.07) is 2.36. The van der Waals surface area contributed by atoms with Gasteiger partial charge in [-0.2, -0.15) is 0 Å². The van der Waals surface area contributed by atoms with Crippen molar-refractivity contribution in [3.8, 4) is 0 Å². The Balaban J connectivity index is 2.82. The number of rotatable bonds is 2. The lowest BCUT2D eigenvalue weighted by molar-refractivity contribution is 0.698. The zero-order chi connectivity index (χ0) is 7.56. The number of thiophene rings is 1. The third-order valence-corrected chi connectivity index (χ3v) is 2.60. The second kappa shape index (κ2) is 3.17. The Kier molecular flexibility index (Phi) is 2.46. The van der Waals surface area contributed by atoms with Gasteiger partial charge in [-0.1, -0.05) is 6.92 Å². The maximum Gasteiger partial charge on any atom is 0.0303 e. The van der Waals surface area contributed by atoms with Crippen molar-refractivity contribution in [2.75, 3.05) is 0 Å². The number of aryl methyl sites for hydroxylation is 1. The quantitative estimate of drug-likeness (QED) is 0.697. The average Bonchev–Trinajstić information content (AvgIpc) is 2.34. The molecule has 0 radical (unpaired) electrons. The molecule has 56 valence electrons. The predicted octanol–water partition coefficient (Wildman–Crippen LogP) is 2.47. The van der Waals surface area contributed by atoms with Crippen molar-refractivity contribution in [1.29, 1.82) is 0 Å². The molecule has 0 unspecified atom stereocenters. The Morgan fingerprint density at radius 2 is 2.40 bits per heavy atom. The SMILES string of the molecule is CC[C@H](N)c1ccsc1C. The highest BCUT2D eigenvalue weighted by Gasteiger charge is 2.05. The standard InChI is InChI=1S/C8H13NS/c1-3-8(9)7-4-5-10-6(7)2/h4-5,8H,3,9H2,1-2H3/t8-/m0/s1. The van der Waals surface area contributed by atoms with Crippen LogP contribution in [-0.2, 0) is 0 Å². The zero-order valence-corrected chi connectivity index (χ0v) is 7.24. The van der Waals surface area contributed by atoms with Crippen molar-refractivity contribution in [2.24, 2.45) is 5.73 Å². The molecule has 0 saturated heterocycles. The highest BCUT2D eigenvalue weighted by Crippen LogP contribution is 2.22. The summed E-state index contributed by atoms with van der Waals surface area (Å²) in [5.41, 5.74) is 7.16. The zero-order valence-electron chi connectivity index (χ0n) is 6.42. The summed E-state index contributed by atoms with van der Waals surface area (Å²) in [6.45, 7) is 4.23. The van der Waals surface area contributed by atoms with Crippen molar-refractivity contribution in [1.82, 2.24) is 0 Å². The minimum Gasteiger partial charge on any atom is -0.324 e. The first-order chi connectivity index (χ1) is 4.75. The van der Waals surface area contributed by atoms with Crippen LogP contribution >= 0.6 is 11.3 Å². The molecule has 1 aromatic rings. The maximum absolute atomic E-state index is 5.85. The molecule has 1 aromatic heterocycles. The maximum atomic E-state index is 5.85. The number of hydrogen-bond acceptors (Lipinski definition) is 2. The summed E-state index contributed by atoms with van der Waals surface area (Å²) in [5, 5.41) is 2.10. The minimum atomic E-state index is 0.242. The van der Waals surface area contributed by atoms with Crippen molar-refractivity contribution < 1.29 is 0 Å². The van der Waals surface area contributed by atoms with Gasteiger partial charge in [0.2, 0.25) is 0 Å². The van der Waals surface area contributed by atoms with E-state index in [1.165, 1.54) is 10.4 Å². The molecule has 2 heteroatoms. The van der Waals surface area contributed by atoms with E-state index in [-0.39, 0.29) is 6.04 Å². The van der Waals surface area contributed by atoms with Gasteiger partial charge < -0.3 is 5.73 Å². The van der Waals surface area contributed by atoms with Gasteiger partial charge in [0, 0.05) is 10.9 Å². The Labute approximate surface area is 65.9 Å². The highest BCUT2D eigenvalue weighted by atomic mass is 32.1. The molecule has 0 fully saturated rings.